The van der Waals surface area contributed by atoms with Gasteiger partial charge in [-0.3, -0.25) is 14.2 Å². The number of piperidine rings is 1. The number of aromatic nitrogens is 4. The van der Waals surface area contributed by atoms with Crippen molar-refractivity contribution in [1.82, 2.24) is 23.8 Å². The molecule has 4 heterocycles. The predicted molar refractivity (Wildman–Crippen MR) is 161 cm³/mol. The highest BCUT2D eigenvalue weighted by Gasteiger charge is 2.52. The quantitative estimate of drug-likeness (QED) is 0.319. The molecular weight excluding hydrogens is 613 g/mol. The van der Waals surface area contributed by atoms with E-state index in [4.69, 9.17) is 28.9 Å². The van der Waals surface area contributed by atoms with E-state index >= 15 is 0 Å². The Hall–Kier alpha value is -3.84. The van der Waals surface area contributed by atoms with Crippen LogP contribution < -0.4 is 10.6 Å². The van der Waals surface area contributed by atoms with Gasteiger partial charge in [0.2, 0.25) is 11.9 Å². The van der Waals surface area contributed by atoms with E-state index in [-0.39, 0.29) is 36.4 Å². The van der Waals surface area contributed by atoms with E-state index in [1.165, 1.54) is 26.3 Å². The molecule has 1 saturated heterocycles. The minimum absolute atomic E-state index is 0.121. The number of hydrogen-bond donors (Lipinski definition) is 1. The molecule has 1 fully saturated rings. The molecule has 222 valence electrons. The van der Waals surface area contributed by atoms with Gasteiger partial charge in [-0.05, 0) is 49.1 Å². The highest BCUT2D eigenvalue weighted by atomic mass is 35.5. The van der Waals surface area contributed by atoms with Crippen molar-refractivity contribution < 1.29 is 18.0 Å². The lowest BCUT2D eigenvalue weighted by molar-refractivity contribution is -0.124. The number of hydrogen-bond acceptors (Lipinski definition) is 7. The molecule has 43 heavy (non-hydrogen) atoms. The second-order valence-electron chi connectivity index (χ2n) is 10.9. The second kappa shape index (κ2) is 11.0. The number of fused-ring (bicyclic) bond motifs is 1. The zero-order valence-corrected chi connectivity index (χ0v) is 25.3. The van der Waals surface area contributed by atoms with Crippen molar-refractivity contribution in [2.24, 2.45) is 11.7 Å². The first kappa shape index (κ1) is 29.2. The topological polar surface area (TPSA) is 144 Å². The molecule has 6 rings (SSSR count). The molecule has 0 saturated carbocycles. The van der Waals surface area contributed by atoms with Crippen LogP contribution in [0.2, 0.25) is 10.0 Å². The Morgan fingerprint density at radius 3 is 2.23 bits per heavy atom. The van der Waals surface area contributed by atoms with E-state index in [2.05, 4.69) is 15.0 Å². The molecule has 1 unspecified atom stereocenters. The first-order valence-electron chi connectivity index (χ1n) is 13.5. The lowest BCUT2D eigenvalue weighted by Gasteiger charge is -2.31. The van der Waals surface area contributed by atoms with Crippen LogP contribution in [0, 0.1) is 5.92 Å². The number of anilines is 2. The van der Waals surface area contributed by atoms with Crippen LogP contribution in [0.5, 0.6) is 0 Å². The maximum atomic E-state index is 14.3. The summed E-state index contributed by atoms with van der Waals surface area (Å²) in [7, 11) is -4.11. The van der Waals surface area contributed by atoms with Gasteiger partial charge < -0.3 is 5.73 Å². The van der Waals surface area contributed by atoms with Gasteiger partial charge in [-0.1, -0.05) is 47.5 Å². The molecule has 2 aromatic carbocycles. The molecule has 14 heteroatoms. The van der Waals surface area contributed by atoms with E-state index in [1.54, 1.807) is 37.5 Å². The number of carbonyl (C=O) groups is 2. The van der Waals surface area contributed by atoms with Gasteiger partial charge in [0.25, 0.3) is 15.9 Å². The predicted octanol–water partition coefficient (Wildman–Crippen LogP) is 4.17. The van der Waals surface area contributed by atoms with Crippen molar-refractivity contribution in [2.45, 2.75) is 36.8 Å². The number of nitrogens with two attached hydrogens (primary N) is 1. The summed E-state index contributed by atoms with van der Waals surface area (Å²) in [5.74, 6) is -1.09. The SMILES string of the molecule is CC1(Cc2ccc(-c3cncnc3)cc2)C(=O)N(c2cc(Cl)cc(Cl)c2)c2ncc(S(=O)(=O)N3CCC(C(N)=O)CC3)n21. The highest BCUT2D eigenvalue weighted by molar-refractivity contribution is 7.89. The van der Waals surface area contributed by atoms with Crippen LogP contribution in [-0.4, -0.2) is 57.1 Å². The first-order valence-corrected chi connectivity index (χ1v) is 15.7. The maximum Gasteiger partial charge on any atom is 0.260 e. The van der Waals surface area contributed by atoms with E-state index in [0.29, 0.717) is 28.6 Å². The van der Waals surface area contributed by atoms with Gasteiger partial charge in [-0.15, -0.1) is 0 Å². The molecule has 0 bridgehead atoms. The van der Waals surface area contributed by atoms with Gasteiger partial charge in [-0.2, -0.15) is 4.31 Å². The van der Waals surface area contributed by atoms with Gasteiger partial charge in [-0.25, -0.2) is 28.3 Å². The van der Waals surface area contributed by atoms with Crippen molar-refractivity contribution in [1.29, 1.82) is 0 Å². The number of amides is 2. The van der Waals surface area contributed by atoms with Gasteiger partial charge in [0, 0.05) is 53.4 Å². The van der Waals surface area contributed by atoms with E-state index < -0.39 is 27.4 Å². The van der Waals surface area contributed by atoms with Crippen molar-refractivity contribution in [3.8, 4) is 11.1 Å². The van der Waals surface area contributed by atoms with E-state index in [0.717, 1.165) is 16.7 Å². The zero-order chi connectivity index (χ0) is 30.5. The molecule has 0 spiro atoms. The van der Waals surface area contributed by atoms with Crippen molar-refractivity contribution in [3.63, 3.8) is 0 Å². The Morgan fingerprint density at radius 1 is 1.00 bits per heavy atom. The Kier molecular flexibility index (Phi) is 7.49. The molecule has 0 radical (unpaired) electrons. The number of halogens is 2. The summed E-state index contributed by atoms with van der Waals surface area (Å²) in [6.45, 7) is 1.95. The van der Waals surface area contributed by atoms with Crippen LogP contribution >= 0.6 is 23.2 Å². The smallest absolute Gasteiger partial charge is 0.260 e. The third kappa shape index (κ3) is 5.18. The first-order chi connectivity index (χ1) is 20.5. The molecule has 2 amide bonds. The fourth-order valence-corrected chi connectivity index (χ4v) is 7.96. The number of imidazole rings is 1. The van der Waals surface area contributed by atoms with Gasteiger partial charge in [0.15, 0.2) is 5.03 Å². The summed E-state index contributed by atoms with van der Waals surface area (Å²) < 4.78 is 30.9. The summed E-state index contributed by atoms with van der Waals surface area (Å²) in [5.41, 5.74) is 6.98. The van der Waals surface area contributed by atoms with Crippen LogP contribution in [0.1, 0.15) is 25.3 Å². The molecule has 2 aromatic heterocycles. The minimum Gasteiger partial charge on any atom is -0.369 e. The molecule has 11 nitrogen and oxygen atoms in total. The Bertz CT molecular complexity index is 1810. The summed E-state index contributed by atoms with van der Waals surface area (Å²) in [4.78, 5) is 39.9. The van der Waals surface area contributed by atoms with Crippen LogP contribution in [0.25, 0.3) is 11.1 Å². The lowest BCUT2D eigenvalue weighted by Crippen LogP contribution is -2.45. The molecule has 1 atom stereocenters. The number of carbonyl (C=O) groups excluding carboxylic acids is 2. The third-order valence-electron chi connectivity index (χ3n) is 8.03. The van der Waals surface area contributed by atoms with Crippen LogP contribution in [-0.2, 0) is 31.6 Å². The minimum atomic E-state index is -4.11. The number of nitrogens with zero attached hydrogens (tertiary/aromatic N) is 6. The molecule has 4 aromatic rings. The normalized spacial score (nSPS) is 19.5. The molecule has 2 aliphatic heterocycles. The monoisotopic (exact) mass is 639 g/mol. The van der Waals surface area contributed by atoms with E-state index in [1.807, 2.05) is 24.3 Å². The number of benzene rings is 2. The van der Waals surface area contributed by atoms with Gasteiger partial charge >= 0.3 is 0 Å². The van der Waals surface area contributed by atoms with Crippen LogP contribution in [0.15, 0.2) is 72.4 Å². The highest BCUT2D eigenvalue weighted by Crippen LogP contribution is 2.45. The summed E-state index contributed by atoms with van der Waals surface area (Å²) in [6, 6.07) is 12.3. The lowest BCUT2D eigenvalue weighted by atomic mass is 9.91. The molecule has 2 aliphatic rings. The Balaban J connectivity index is 1.42. The zero-order valence-electron chi connectivity index (χ0n) is 23.0. The number of primary amides is 1. The summed E-state index contributed by atoms with van der Waals surface area (Å²) in [6.07, 6.45) is 6.94. The maximum absolute atomic E-state index is 14.3. The van der Waals surface area contributed by atoms with Gasteiger partial charge in [0.1, 0.15) is 11.9 Å². The van der Waals surface area contributed by atoms with Crippen molar-refractivity contribution >= 4 is 56.7 Å². The van der Waals surface area contributed by atoms with Gasteiger partial charge in [0.05, 0.1) is 11.9 Å². The van der Waals surface area contributed by atoms with Crippen molar-refractivity contribution in [3.05, 3.63) is 83.0 Å². The van der Waals surface area contributed by atoms with E-state index in [9.17, 15) is 18.0 Å². The molecule has 2 N–H and O–H groups in total. The Morgan fingerprint density at radius 2 is 1.63 bits per heavy atom. The molecule has 0 aliphatic carbocycles. The number of sulfonamides is 1. The Labute approximate surface area is 258 Å². The van der Waals surface area contributed by atoms with Crippen LogP contribution in [0.4, 0.5) is 11.6 Å². The third-order valence-corrected chi connectivity index (χ3v) is 10.3. The largest absolute Gasteiger partial charge is 0.369 e. The average Bonchev–Trinajstić information content (AvgIpc) is 3.51. The number of rotatable bonds is 7. The fourth-order valence-electron chi connectivity index (χ4n) is 5.79. The standard InChI is InChI=1S/C29H27Cl2N7O4S/c1-29(13-18-2-4-19(5-3-18)21-14-33-17-34-15-21)27(40)37(24-11-22(30)10-23(31)12-24)28-35-16-25(38(28)29)43(41,42)36-8-6-20(7-9-36)26(32)39/h2-5,10-12,14-17,20H,6-9,13H2,1H3,(H2,32,39). The second-order valence-corrected chi connectivity index (χ2v) is 13.6. The van der Waals surface area contributed by atoms with Crippen LogP contribution in [0.3, 0.4) is 0 Å². The molecular formula is C29H27Cl2N7O4S. The summed E-state index contributed by atoms with van der Waals surface area (Å²) >= 11 is 12.6. The summed E-state index contributed by atoms with van der Waals surface area (Å²) in [5, 5.41) is 0.505. The van der Waals surface area contributed by atoms with Crippen molar-refractivity contribution in [2.75, 3.05) is 18.0 Å². The average molecular weight is 641 g/mol. The fraction of sp³-hybridized carbons (Fsp3) is 0.276.